The molecule has 0 saturated carbocycles. The minimum absolute atomic E-state index is 0.897. The molecule has 0 bridgehead atoms. The summed E-state index contributed by atoms with van der Waals surface area (Å²) in [5.41, 5.74) is 9.09. The zero-order valence-corrected chi connectivity index (χ0v) is 25.4. The summed E-state index contributed by atoms with van der Waals surface area (Å²) in [6, 6.07) is 57.8. The van der Waals surface area contributed by atoms with Crippen LogP contribution in [0.1, 0.15) is 0 Å². The molecule has 0 N–H and O–H groups in total. The second-order valence-corrected chi connectivity index (χ2v) is 12.1. The first-order valence-corrected chi connectivity index (χ1v) is 15.9. The van der Waals surface area contributed by atoms with E-state index < -0.39 is 0 Å². The average Bonchev–Trinajstić information content (AvgIpc) is 3.69. The molecule has 0 aliphatic rings. The number of rotatable bonds is 4. The van der Waals surface area contributed by atoms with E-state index in [-0.39, 0.29) is 0 Å². The van der Waals surface area contributed by atoms with Crippen LogP contribution in [0, 0.1) is 0 Å². The molecule has 0 spiro atoms. The highest BCUT2D eigenvalue weighted by Gasteiger charge is 2.20. The van der Waals surface area contributed by atoms with Gasteiger partial charge in [0.1, 0.15) is 22.3 Å². The molecule has 0 amide bonds. The molecule has 0 radical (unpaired) electrons. The summed E-state index contributed by atoms with van der Waals surface area (Å²) < 4.78 is 12.9. The van der Waals surface area contributed by atoms with Gasteiger partial charge in [-0.2, -0.15) is 0 Å². The van der Waals surface area contributed by atoms with Crippen LogP contribution < -0.4 is 4.90 Å². The van der Waals surface area contributed by atoms with E-state index in [9.17, 15) is 0 Å². The van der Waals surface area contributed by atoms with E-state index in [0.717, 1.165) is 82.8 Å². The number of benzene rings is 8. The molecule has 2 heterocycles. The van der Waals surface area contributed by atoms with Gasteiger partial charge in [0.15, 0.2) is 0 Å². The molecule has 0 atom stereocenters. The topological polar surface area (TPSA) is 29.5 Å². The van der Waals surface area contributed by atoms with Gasteiger partial charge in [0.2, 0.25) is 0 Å². The monoisotopic (exact) mass is 601 g/mol. The van der Waals surface area contributed by atoms with Gasteiger partial charge in [-0.25, -0.2) is 0 Å². The normalized spacial score (nSPS) is 11.8. The van der Waals surface area contributed by atoms with Crippen LogP contribution >= 0.6 is 0 Å². The summed E-state index contributed by atoms with van der Waals surface area (Å²) >= 11 is 0. The Morgan fingerprint density at radius 1 is 0.362 bits per heavy atom. The summed E-state index contributed by atoms with van der Waals surface area (Å²) in [5.74, 6) is 0. The lowest BCUT2D eigenvalue weighted by Crippen LogP contribution is -2.10. The maximum Gasteiger partial charge on any atom is 0.145 e. The maximum atomic E-state index is 6.55. The Kier molecular flexibility index (Phi) is 5.57. The van der Waals surface area contributed by atoms with E-state index >= 15 is 0 Å². The summed E-state index contributed by atoms with van der Waals surface area (Å²) in [7, 11) is 0. The van der Waals surface area contributed by atoms with Gasteiger partial charge in [-0.1, -0.05) is 97.1 Å². The number of furan rings is 2. The molecule has 0 fully saturated rings. The van der Waals surface area contributed by atoms with Gasteiger partial charge < -0.3 is 13.7 Å². The highest BCUT2D eigenvalue weighted by Crippen LogP contribution is 2.44. The van der Waals surface area contributed by atoms with Crippen molar-refractivity contribution in [1.29, 1.82) is 0 Å². The highest BCUT2D eigenvalue weighted by atomic mass is 16.3. The van der Waals surface area contributed by atoms with Gasteiger partial charge in [0.05, 0.1) is 5.69 Å². The van der Waals surface area contributed by atoms with E-state index in [1.165, 1.54) is 10.8 Å². The minimum atomic E-state index is 0.897. The van der Waals surface area contributed by atoms with Crippen LogP contribution in [0.3, 0.4) is 0 Å². The second-order valence-electron chi connectivity index (χ2n) is 12.1. The van der Waals surface area contributed by atoms with Crippen LogP contribution in [-0.4, -0.2) is 0 Å². The lowest BCUT2D eigenvalue weighted by Gasteiger charge is -2.27. The number of para-hydroxylation sites is 2. The van der Waals surface area contributed by atoms with E-state index in [1.54, 1.807) is 0 Å². The SMILES string of the molecule is c1ccc(N(c2ccc(-c3ccc4c(c3)oc3cc5ccccc5cc34)cc2)c2cccc3ccc4c5ccccc5oc4c23)cc1. The number of hydrogen-bond donors (Lipinski definition) is 0. The summed E-state index contributed by atoms with van der Waals surface area (Å²) in [6.45, 7) is 0. The van der Waals surface area contributed by atoms with Crippen molar-refractivity contribution in [2.75, 3.05) is 4.90 Å². The third-order valence-electron chi connectivity index (χ3n) is 9.42. The summed E-state index contributed by atoms with van der Waals surface area (Å²) in [6.07, 6.45) is 0. The van der Waals surface area contributed by atoms with Crippen LogP contribution in [0.2, 0.25) is 0 Å². The largest absolute Gasteiger partial charge is 0.456 e. The van der Waals surface area contributed by atoms with Gasteiger partial charge in [0, 0.05) is 38.3 Å². The Labute approximate surface area is 270 Å². The number of anilines is 3. The first-order chi connectivity index (χ1) is 23.3. The van der Waals surface area contributed by atoms with E-state index in [1.807, 2.05) is 12.1 Å². The van der Waals surface area contributed by atoms with Crippen molar-refractivity contribution in [3.05, 3.63) is 164 Å². The molecule has 0 aliphatic carbocycles. The molecule has 0 saturated heterocycles. The van der Waals surface area contributed by atoms with Crippen molar-refractivity contribution in [3.8, 4) is 11.1 Å². The lowest BCUT2D eigenvalue weighted by molar-refractivity contribution is 0.669. The van der Waals surface area contributed by atoms with Gasteiger partial charge in [-0.15, -0.1) is 0 Å². The fourth-order valence-electron chi connectivity index (χ4n) is 7.17. The zero-order chi connectivity index (χ0) is 30.9. The third kappa shape index (κ3) is 4.07. The van der Waals surface area contributed by atoms with Gasteiger partial charge in [-0.3, -0.25) is 0 Å². The molecule has 47 heavy (non-hydrogen) atoms. The Balaban J connectivity index is 1.11. The fraction of sp³-hybridized carbons (Fsp3) is 0. The van der Waals surface area contributed by atoms with Gasteiger partial charge >= 0.3 is 0 Å². The third-order valence-corrected chi connectivity index (χ3v) is 9.42. The second kappa shape index (κ2) is 10.1. The highest BCUT2D eigenvalue weighted by molar-refractivity contribution is 6.19. The standard InChI is InChI=1S/C44H27NO2/c1-2-12-33(13-3-1)45(39-15-8-11-29-19-24-37-35-14-6-7-16-40(35)47-44(37)43(29)39)34-21-17-28(18-22-34)32-20-23-36-38-25-30-9-4-5-10-31(30)26-42(38)46-41(36)27-32/h1-27H. The van der Waals surface area contributed by atoms with Gasteiger partial charge in [-0.05, 0) is 94.0 Å². The van der Waals surface area contributed by atoms with Crippen molar-refractivity contribution >= 4 is 82.5 Å². The number of hydrogen-bond acceptors (Lipinski definition) is 3. The van der Waals surface area contributed by atoms with Crippen LogP contribution in [0.25, 0.3) is 76.5 Å². The van der Waals surface area contributed by atoms with Crippen LogP contribution in [0.15, 0.2) is 173 Å². The smallest absolute Gasteiger partial charge is 0.145 e. The lowest BCUT2D eigenvalue weighted by atomic mass is 10.0. The van der Waals surface area contributed by atoms with E-state index in [2.05, 4.69) is 157 Å². The predicted octanol–water partition coefficient (Wildman–Crippen LogP) is 12.9. The maximum absolute atomic E-state index is 6.55. The van der Waals surface area contributed by atoms with E-state index in [0.29, 0.717) is 0 Å². The molecule has 0 aliphatic heterocycles. The molecule has 8 aromatic carbocycles. The molecule has 3 heteroatoms. The molecule has 10 aromatic rings. The molecular formula is C44H27NO2. The first kappa shape index (κ1) is 26.0. The summed E-state index contributed by atoms with van der Waals surface area (Å²) in [5, 5.41) is 9.17. The quantitative estimate of drug-likeness (QED) is 0.201. The van der Waals surface area contributed by atoms with Crippen molar-refractivity contribution in [2.45, 2.75) is 0 Å². The molecule has 10 rings (SSSR count). The number of nitrogens with zero attached hydrogens (tertiary/aromatic N) is 1. The van der Waals surface area contributed by atoms with Crippen LogP contribution in [-0.2, 0) is 0 Å². The number of fused-ring (bicyclic) bond motifs is 9. The fourth-order valence-corrected chi connectivity index (χ4v) is 7.17. The first-order valence-electron chi connectivity index (χ1n) is 15.9. The Hall–Kier alpha value is -6.32. The minimum Gasteiger partial charge on any atom is -0.456 e. The Morgan fingerprint density at radius 3 is 1.89 bits per heavy atom. The van der Waals surface area contributed by atoms with Crippen molar-refractivity contribution in [2.24, 2.45) is 0 Å². The van der Waals surface area contributed by atoms with Crippen molar-refractivity contribution in [1.82, 2.24) is 0 Å². The predicted molar refractivity (Wildman–Crippen MR) is 196 cm³/mol. The molecule has 220 valence electrons. The van der Waals surface area contributed by atoms with E-state index in [4.69, 9.17) is 8.83 Å². The van der Waals surface area contributed by atoms with Crippen LogP contribution in [0.5, 0.6) is 0 Å². The summed E-state index contributed by atoms with van der Waals surface area (Å²) in [4.78, 5) is 2.33. The van der Waals surface area contributed by atoms with Crippen LogP contribution in [0.4, 0.5) is 17.1 Å². The Morgan fingerprint density at radius 2 is 1.02 bits per heavy atom. The van der Waals surface area contributed by atoms with Gasteiger partial charge in [0.25, 0.3) is 0 Å². The van der Waals surface area contributed by atoms with Crippen molar-refractivity contribution in [3.63, 3.8) is 0 Å². The zero-order valence-electron chi connectivity index (χ0n) is 25.4. The Bertz CT molecular complexity index is 2790. The molecular weight excluding hydrogens is 574 g/mol. The molecule has 2 aromatic heterocycles. The van der Waals surface area contributed by atoms with Crippen molar-refractivity contribution < 1.29 is 8.83 Å². The average molecular weight is 602 g/mol. The molecule has 3 nitrogen and oxygen atoms in total. The molecule has 0 unspecified atom stereocenters.